The molecule has 1 aromatic heterocycles. The number of aromatic nitrogens is 1. The molecule has 104 valence electrons. The van der Waals surface area contributed by atoms with Crippen molar-refractivity contribution in [3.63, 3.8) is 0 Å². The molecule has 1 aliphatic heterocycles. The molecule has 19 heavy (non-hydrogen) atoms. The second kappa shape index (κ2) is 7.95. The van der Waals surface area contributed by atoms with Crippen molar-refractivity contribution in [2.75, 3.05) is 13.2 Å². The number of hydrogen-bond donors (Lipinski definition) is 1. The van der Waals surface area contributed by atoms with E-state index in [2.05, 4.69) is 29.4 Å². The summed E-state index contributed by atoms with van der Waals surface area (Å²) in [5, 5.41) is 3.59. The van der Waals surface area contributed by atoms with E-state index >= 15 is 0 Å². The lowest BCUT2D eigenvalue weighted by Gasteiger charge is -2.24. The molecule has 1 N–H and O–H groups in total. The molecule has 1 atom stereocenters. The molecule has 0 amide bonds. The first-order valence-electron chi connectivity index (χ1n) is 7.36. The topological polar surface area (TPSA) is 34.2 Å². The van der Waals surface area contributed by atoms with E-state index in [9.17, 15) is 0 Å². The minimum atomic E-state index is 0.335. The molecule has 0 aromatic carbocycles. The van der Waals surface area contributed by atoms with Gasteiger partial charge in [0.25, 0.3) is 0 Å². The van der Waals surface area contributed by atoms with Crippen LogP contribution in [0.4, 0.5) is 0 Å². The summed E-state index contributed by atoms with van der Waals surface area (Å²) in [6.45, 7) is 4.09. The van der Waals surface area contributed by atoms with Crippen LogP contribution in [-0.2, 0) is 11.2 Å². The largest absolute Gasteiger partial charge is 0.497 e. The van der Waals surface area contributed by atoms with Gasteiger partial charge in [0.2, 0.25) is 0 Å². The first kappa shape index (κ1) is 14.1. The minimum Gasteiger partial charge on any atom is -0.497 e. The average Bonchev–Trinajstić information content (AvgIpc) is 2.49. The lowest BCUT2D eigenvalue weighted by molar-refractivity contribution is 0.165. The highest BCUT2D eigenvalue weighted by molar-refractivity contribution is 5.09. The molecular formula is C16H24N2O. The quantitative estimate of drug-likeness (QED) is 0.818. The Morgan fingerprint density at radius 1 is 1.42 bits per heavy atom. The van der Waals surface area contributed by atoms with E-state index in [4.69, 9.17) is 4.74 Å². The van der Waals surface area contributed by atoms with Gasteiger partial charge in [0.05, 0.1) is 12.6 Å². The maximum atomic E-state index is 5.80. The standard InChI is InChI=1S/C16H24N2O/c1-2-11-18-15(16-8-4-6-13-19-16)10-9-14-7-3-5-12-17-14/h3,5,7-8,12,15,18H,2,4,6,9-11,13H2,1H3. The minimum absolute atomic E-state index is 0.335. The Bertz CT molecular complexity index is 389. The van der Waals surface area contributed by atoms with Crippen molar-refractivity contribution in [3.8, 4) is 0 Å². The third kappa shape index (κ3) is 4.67. The van der Waals surface area contributed by atoms with E-state index in [1.165, 1.54) is 0 Å². The molecule has 3 nitrogen and oxygen atoms in total. The predicted molar refractivity (Wildman–Crippen MR) is 77.9 cm³/mol. The Labute approximate surface area is 116 Å². The van der Waals surface area contributed by atoms with Crippen LogP contribution in [0.5, 0.6) is 0 Å². The van der Waals surface area contributed by atoms with Crippen LogP contribution < -0.4 is 5.32 Å². The number of aryl methyl sites for hydroxylation is 1. The van der Waals surface area contributed by atoms with Crippen LogP contribution >= 0.6 is 0 Å². The molecule has 1 unspecified atom stereocenters. The third-order valence-electron chi connectivity index (χ3n) is 3.36. The smallest absolute Gasteiger partial charge is 0.109 e. The molecule has 0 bridgehead atoms. The van der Waals surface area contributed by atoms with E-state index in [0.29, 0.717) is 6.04 Å². The number of nitrogens with zero attached hydrogens (tertiary/aromatic N) is 1. The molecule has 2 heterocycles. The Kier molecular flexibility index (Phi) is 5.89. The highest BCUT2D eigenvalue weighted by Crippen LogP contribution is 2.17. The van der Waals surface area contributed by atoms with Gasteiger partial charge in [-0.05, 0) is 56.9 Å². The summed E-state index contributed by atoms with van der Waals surface area (Å²) in [5.41, 5.74) is 1.15. The molecule has 1 aromatic rings. The first-order chi connectivity index (χ1) is 9.40. The van der Waals surface area contributed by atoms with E-state index in [1.807, 2.05) is 18.3 Å². The zero-order valence-corrected chi connectivity index (χ0v) is 11.8. The molecule has 0 fully saturated rings. The second-order valence-electron chi connectivity index (χ2n) is 4.96. The number of pyridine rings is 1. The van der Waals surface area contributed by atoms with Crippen molar-refractivity contribution in [1.82, 2.24) is 10.3 Å². The van der Waals surface area contributed by atoms with Crippen molar-refractivity contribution in [2.45, 2.75) is 45.1 Å². The first-order valence-corrected chi connectivity index (χ1v) is 7.36. The number of nitrogens with one attached hydrogen (secondary N) is 1. The molecule has 3 heteroatoms. The predicted octanol–water partition coefficient (Wildman–Crippen LogP) is 3.08. The van der Waals surface area contributed by atoms with Gasteiger partial charge in [-0.2, -0.15) is 0 Å². The summed E-state index contributed by atoms with van der Waals surface area (Å²) in [6.07, 6.45) is 9.57. The molecule has 0 radical (unpaired) electrons. The second-order valence-corrected chi connectivity index (χ2v) is 4.96. The van der Waals surface area contributed by atoms with Crippen LogP contribution in [0, 0.1) is 0 Å². The van der Waals surface area contributed by atoms with Gasteiger partial charge < -0.3 is 10.1 Å². The SMILES string of the molecule is CCCNC(CCc1ccccn1)C1=CCCCO1. The van der Waals surface area contributed by atoms with Gasteiger partial charge in [-0.25, -0.2) is 0 Å². The number of rotatable bonds is 7. The van der Waals surface area contributed by atoms with Crippen LogP contribution in [0.1, 0.15) is 38.3 Å². The molecule has 1 aliphatic rings. The lowest BCUT2D eigenvalue weighted by atomic mass is 10.0. The molecular weight excluding hydrogens is 236 g/mol. The molecule has 2 rings (SSSR count). The Morgan fingerprint density at radius 3 is 3.05 bits per heavy atom. The van der Waals surface area contributed by atoms with E-state index in [1.54, 1.807) is 0 Å². The fourth-order valence-electron chi connectivity index (χ4n) is 2.32. The van der Waals surface area contributed by atoms with Gasteiger partial charge in [-0.1, -0.05) is 13.0 Å². The summed E-state index contributed by atoms with van der Waals surface area (Å²) < 4.78 is 5.80. The fourth-order valence-corrected chi connectivity index (χ4v) is 2.32. The molecule has 0 saturated carbocycles. The monoisotopic (exact) mass is 260 g/mol. The van der Waals surface area contributed by atoms with Gasteiger partial charge in [0, 0.05) is 11.9 Å². The van der Waals surface area contributed by atoms with Gasteiger partial charge in [0.15, 0.2) is 0 Å². The highest BCUT2D eigenvalue weighted by atomic mass is 16.5. The van der Waals surface area contributed by atoms with Crippen molar-refractivity contribution >= 4 is 0 Å². The average molecular weight is 260 g/mol. The van der Waals surface area contributed by atoms with Crippen molar-refractivity contribution in [1.29, 1.82) is 0 Å². The number of ether oxygens (including phenoxy) is 1. The van der Waals surface area contributed by atoms with Crippen molar-refractivity contribution < 1.29 is 4.74 Å². The Hall–Kier alpha value is -1.35. The maximum absolute atomic E-state index is 5.80. The van der Waals surface area contributed by atoms with Crippen LogP contribution in [0.2, 0.25) is 0 Å². The zero-order chi connectivity index (χ0) is 13.3. The van der Waals surface area contributed by atoms with E-state index in [-0.39, 0.29) is 0 Å². The van der Waals surface area contributed by atoms with E-state index < -0.39 is 0 Å². The number of hydrogen-bond acceptors (Lipinski definition) is 3. The summed E-state index contributed by atoms with van der Waals surface area (Å²) in [4.78, 5) is 4.39. The maximum Gasteiger partial charge on any atom is 0.109 e. The lowest BCUT2D eigenvalue weighted by Crippen LogP contribution is -2.34. The van der Waals surface area contributed by atoms with Crippen LogP contribution in [0.15, 0.2) is 36.2 Å². The Balaban J connectivity index is 1.91. The van der Waals surface area contributed by atoms with Gasteiger partial charge in [0.1, 0.15) is 5.76 Å². The summed E-state index contributed by atoms with van der Waals surface area (Å²) in [6, 6.07) is 6.44. The van der Waals surface area contributed by atoms with Crippen molar-refractivity contribution in [3.05, 3.63) is 41.9 Å². The van der Waals surface area contributed by atoms with Crippen LogP contribution in [0.3, 0.4) is 0 Å². The van der Waals surface area contributed by atoms with Gasteiger partial charge >= 0.3 is 0 Å². The Morgan fingerprint density at radius 2 is 2.37 bits per heavy atom. The van der Waals surface area contributed by atoms with E-state index in [0.717, 1.165) is 56.7 Å². The summed E-state index contributed by atoms with van der Waals surface area (Å²) >= 11 is 0. The summed E-state index contributed by atoms with van der Waals surface area (Å²) in [5.74, 6) is 1.13. The van der Waals surface area contributed by atoms with Crippen LogP contribution in [-0.4, -0.2) is 24.2 Å². The fraction of sp³-hybridized carbons (Fsp3) is 0.562. The van der Waals surface area contributed by atoms with Crippen molar-refractivity contribution in [2.24, 2.45) is 0 Å². The number of allylic oxidation sites excluding steroid dienone is 1. The third-order valence-corrected chi connectivity index (χ3v) is 3.36. The molecule has 0 aliphatic carbocycles. The highest BCUT2D eigenvalue weighted by Gasteiger charge is 2.17. The normalized spacial score (nSPS) is 16.6. The van der Waals surface area contributed by atoms with Gasteiger partial charge in [-0.3, -0.25) is 4.98 Å². The van der Waals surface area contributed by atoms with Crippen LogP contribution in [0.25, 0.3) is 0 Å². The molecule has 0 saturated heterocycles. The summed E-state index contributed by atoms with van der Waals surface area (Å²) in [7, 11) is 0. The zero-order valence-electron chi connectivity index (χ0n) is 11.8. The molecule has 0 spiro atoms. The van der Waals surface area contributed by atoms with Gasteiger partial charge in [-0.15, -0.1) is 0 Å².